The number of anilines is 2. The molecule has 5 rings (SSSR count). The molecule has 2 aliphatic rings. The Bertz CT molecular complexity index is 1100. The normalized spacial score (nSPS) is 21.0. The number of carbonyl (C=O) groups excluding carboxylic acids is 1. The van der Waals surface area contributed by atoms with Crippen LogP contribution in [0.25, 0.3) is 0 Å². The van der Waals surface area contributed by atoms with Crippen LogP contribution in [0.3, 0.4) is 0 Å². The number of pyridine rings is 1. The van der Waals surface area contributed by atoms with Crippen molar-refractivity contribution < 1.29 is 4.79 Å². The van der Waals surface area contributed by atoms with Crippen LogP contribution < -0.4 is 15.5 Å². The van der Waals surface area contributed by atoms with E-state index in [1.54, 1.807) is 0 Å². The minimum absolute atomic E-state index is 0.0281. The first-order valence-electron chi connectivity index (χ1n) is 11.2. The predicted octanol–water partition coefficient (Wildman–Crippen LogP) is 5.13. The second-order valence-corrected chi connectivity index (χ2v) is 8.89. The highest BCUT2D eigenvalue weighted by Gasteiger charge is 2.42. The molecule has 0 unspecified atom stereocenters. The number of carbonyl (C=O) groups is 1. The Morgan fingerprint density at radius 3 is 2.56 bits per heavy atom. The van der Waals surface area contributed by atoms with Gasteiger partial charge >= 0.3 is 0 Å². The summed E-state index contributed by atoms with van der Waals surface area (Å²) >= 11 is 5.84. The highest BCUT2D eigenvalue weighted by Crippen LogP contribution is 2.43. The molecule has 0 bridgehead atoms. The summed E-state index contributed by atoms with van der Waals surface area (Å²) in [5.74, 6) is -0.0846. The Morgan fingerprint density at radius 1 is 1.09 bits per heavy atom. The van der Waals surface area contributed by atoms with Crippen LogP contribution in [0.15, 0.2) is 67.0 Å². The third-order valence-electron chi connectivity index (χ3n) is 6.40. The van der Waals surface area contributed by atoms with E-state index >= 15 is 0 Å². The molecule has 164 valence electrons. The van der Waals surface area contributed by atoms with Gasteiger partial charge in [0.1, 0.15) is 6.04 Å². The highest BCUT2D eigenvalue weighted by molar-refractivity contribution is 7.80. The third-order valence-corrected chi connectivity index (χ3v) is 6.71. The van der Waals surface area contributed by atoms with Gasteiger partial charge in [-0.05, 0) is 73.6 Å². The molecule has 7 heteroatoms. The minimum atomic E-state index is -0.0846. The van der Waals surface area contributed by atoms with E-state index in [0.29, 0.717) is 11.2 Å². The van der Waals surface area contributed by atoms with Crippen molar-refractivity contribution in [3.8, 4) is 0 Å². The van der Waals surface area contributed by atoms with E-state index in [4.69, 9.17) is 12.2 Å². The van der Waals surface area contributed by atoms with Crippen LogP contribution in [0.5, 0.6) is 0 Å². The van der Waals surface area contributed by atoms with Crippen molar-refractivity contribution >= 4 is 34.6 Å². The molecular weight excluding hydrogens is 418 g/mol. The second kappa shape index (κ2) is 8.74. The van der Waals surface area contributed by atoms with Gasteiger partial charge in [0.2, 0.25) is 5.91 Å². The van der Waals surface area contributed by atoms with E-state index in [2.05, 4.69) is 49.5 Å². The molecule has 1 saturated heterocycles. The lowest BCUT2D eigenvalue weighted by Crippen LogP contribution is -2.30. The fourth-order valence-electron chi connectivity index (χ4n) is 5.01. The lowest BCUT2D eigenvalue weighted by Gasteiger charge is -2.30. The monoisotopic (exact) mass is 445 g/mol. The second-order valence-electron chi connectivity index (χ2n) is 8.50. The molecule has 0 spiro atoms. The zero-order valence-electron chi connectivity index (χ0n) is 18.1. The molecule has 1 amide bonds. The third kappa shape index (κ3) is 3.88. The zero-order valence-corrected chi connectivity index (χ0v) is 18.9. The lowest BCUT2D eigenvalue weighted by atomic mass is 10.00. The predicted molar refractivity (Wildman–Crippen MR) is 131 cm³/mol. The Kier molecular flexibility index (Phi) is 5.66. The van der Waals surface area contributed by atoms with Gasteiger partial charge < -0.3 is 20.1 Å². The molecule has 2 N–H and O–H groups in total. The summed E-state index contributed by atoms with van der Waals surface area (Å²) in [5, 5.41) is 7.04. The Balaban J connectivity index is 1.57. The number of aromatic nitrogens is 2. The largest absolute Gasteiger partial charge is 0.351 e. The molecule has 1 aliphatic carbocycles. The summed E-state index contributed by atoms with van der Waals surface area (Å²) in [7, 11) is 0. The summed E-state index contributed by atoms with van der Waals surface area (Å²) in [6.07, 6.45) is 9.03. The number of amides is 1. The van der Waals surface area contributed by atoms with Gasteiger partial charge in [0, 0.05) is 42.4 Å². The quantitative estimate of drug-likeness (QED) is 0.533. The minimum Gasteiger partial charge on any atom is -0.351 e. The topological polar surface area (TPSA) is 62.2 Å². The van der Waals surface area contributed by atoms with Gasteiger partial charge in [-0.3, -0.25) is 9.78 Å². The van der Waals surface area contributed by atoms with Crippen molar-refractivity contribution in [2.75, 3.05) is 10.2 Å². The standard InChI is InChI=1S/C25H27N5OS/c1-17(31)27-18-11-13-20(14-12-18)30-24(22-10-6-16-29(22)19-7-2-3-8-19)23(28-25(30)32)21-9-4-5-15-26-21/h4-6,9-16,19,23-24H,2-3,7-8H2,1H3,(H,27,31)(H,28,32)/t23-,24+/m0/s1. The maximum absolute atomic E-state index is 11.4. The summed E-state index contributed by atoms with van der Waals surface area (Å²) in [5.41, 5.74) is 3.97. The van der Waals surface area contributed by atoms with E-state index in [9.17, 15) is 4.79 Å². The number of hydrogen-bond donors (Lipinski definition) is 2. The van der Waals surface area contributed by atoms with E-state index in [1.807, 2.05) is 42.6 Å². The van der Waals surface area contributed by atoms with Gasteiger partial charge in [-0.25, -0.2) is 0 Å². The molecule has 2 fully saturated rings. The maximum atomic E-state index is 11.4. The first-order valence-corrected chi connectivity index (χ1v) is 11.6. The molecule has 1 aromatic carbocycles. The number of nitrogens with one attached hydrogen (secondary N) is 2. The van der Waals surface area contributed by atoms with Gasteiger partial charge in [-0.1, -0.05) is 18.9 Å². The van der Waals surface area contributed by atoms with Crippen LogP contribution in [0, 0.1) is 0 Å². The highest BCUT2D eigenvalue weighted by atomic mass is 32.1. The van der Waals surface area contributed by atoms with Crippen molar-refractivity contribution in [2.24, 2.45) is 0 Å². The van der Waals surface area contributed by atoms with Gasteiger partial charge in [0.05, 0.1) is 11.7 Å². The Labute approximate surface area is 193 Å². The summed E-state index contributed by atoms with van der Waals surface area (Å²) in [6, 6.07) is 18.7. The Morgan fingerprint density at radius 2 is 1.88 bits per heavy atom. The van der Waals surface area contributed by atoms with Crippen LogP contribution in [-0.2, 0) is 4.79 Å². The van der Waals surface area contributed by atoms with Crippen LogP contribution in [0.4, 0.5) is 11.4 Å². The maximum Gasteiger partial charge on any atom is 0.221 e. The molecule has 1 saturated carbocycles. The molecule has 2 aromatic heterocycles. The van der Waals surface area contributed by atoms with E-state index < -0.39 is 0 Å². The van der Waals surface area contributed by atoms with Crippen LogP contribution in [0.1, 0.15) is 62.1 Å². The molecule has 3 aromatic rings. The SMILES string of the molecule is CC(=O)Nc1ccc(N2C(=S)N[C@@H](c3ccccn3)[C@H]2c2cccn2C2CCCC2)cc1. The number of benzene rings is 1. The van der Waals surface area contributed by atoms with Gasteiger partial charge in [0.15, 0.2) is 5.11 Å². The number of thiocarbonyl (C=S) groups is 1. The van der Waals surface area contributed by atoms with Crippen molar-refractivity contribution in [3.05, 3.63) is 78.4 Å². The van der Waals surface area contributed by atoms with Gasteiger partial charge in [0.25, 0.3) is 0 Å². The molecule has 32 heavy (non-hydrogen) atoms. The van der Waals surface area contributed by atoms with Crippen molar-refractivity contribution in [3.63, 3.8) is 0 Å². The molecule has 0 radical (unpaired) electrons. The molecule has 1 aliphatic heterocycles. The van der Waals surface area contributed by atoms with Crippen molar-refractivity contribution in [2.45, 2.75) is 50.7 Å². The van der Waals surface area contributed by atoms with Crippen LogP contribution in [-0.4, -0.2) is 20.6 Å². The Hall–Kier alpha value is -3.19. The van der Waals surface area contributed by atoms with E-state index in [-0.39, 0.29) is 18.0 Å². The van der Waals surface area contributed by atoms with Gasteiger partial charge in [-0.15, -0.1) is 0 Å². The summed E-state index contributed by atoms with van der Waals surface area (Å²) < 4.78 is 2.45. The molecular formula is C25H27N5OS. The number of nitrogens with zero attached hydrogens (tertiary/aromatic N) is 3. The average molecular weight is 446 g/mol. The fraction of sp³-hybridized carbons (Fsp3) is 0.320. The van der Waals surface area contributed by atoms with E-state index in [0.717, 1.165) is 17.1 Å². The van der Waals surface area contributed by atoms with E-state index in [1.165, 1.54) is 38.3 Å². The summed E-state index contributed by atoms with van der Waals surface area (Å²) in [6.45, 7) is 1.51. The lowest BCUT2D eigenvalue weighted by molar-refractivity contribution is -0.114. The van der Waals surface area contributed by atoms with Crippen LogP contribution in [0.2, 0.25) is 0 Å². The average Bonchev–Trinajstić information content (AvgIpc) is 3.54. The zero-order chi connectivity index (χ0) is 22.1. The number of hydrogen-bond acceptors (Lipinski definition) is 3. The molecule has 3 heterocycles. The van der Waals surface area contributed by atoms with Crippen molar-refractivity contribution in [1.29, 1.82) is 0 Å². The fourth-order valence-corrected chi connectivity index (χ4v) is 5.36. The molecule has 2 atom stereocenters. The first kappa shape index (κ1) is 20.7. The molecule has 6 nitrogen and oxygen atoms in total. The van der Waals surface area contributed by atoms with Crippen LogP contribution >= 0.6 is 12.2 Å². The summed E-state index contributed by atoms with van der Waals surface area (Å²) in [4.78, 5) is 18.3. The van der Waals surface area contributed by atoms with Crippen molar-refractivity contribution in [1.82, 2.24) is 14.9 Å². The first-order chi connectivity index (χ1) is 15.6. The number of rotatable bonds is 5. The van der Waals surface area contributed by atoms with Gasteiger partial charge in [-0.2, -0.15) is 0 Å². The smallest absolute Gasteiger partial charge is 0.221 e.